The van der Waals surface area contributed by atoms with Crippen molar-refractivity contribution in [3.05, 3.63) is 30.1 Å². The summed E-state index contributed by atoms with van der Waals surface area (Å²) >= 11 is 0. The summed E-state index contributed by atoms with van der Waals surface area (Å²) in [5.41, 5.74) is 1.31. The molecule has 0 aromatic carbocycles. The van der Waals surface area contributed by atoms with Gasteiger partial charge in [0.15, 0.2) is 0 Å². The normalized spacial score (nSPS) is 26.5. The molecule has 1 aliphatic carbocycles. The average Bonchev–Trinajstić information content (AvgIpc) is 3.28. The molecule has 1 aliphatic heterocycles. The molecule has 3 rings (SSSR count). The Kier molecular flexibility index (Phi) is 4.54. The number of aromatic nitrogens is 1. The van der Waals surface area contributed by atoms with Gasteiger partial charge < -0.3 is 10.2 Å². The molecular formula is C17H25N3O. The number of hydrogen-bond acceptors (Lipinski definition) is 3. The van der Waals surface area contributed by atoms with Crippen molar-refractivity contribution in [1.82, 2.24) is 15.2 Å². The van der Waals surface area contributed by atoms with E-state index in [0.717, 1.165) is 32.5 Å². The van der Waals surface area contributed by atoms with E-state index >= 15 is 0 Å². The maximum absolute atomic E-state index is 12.0. The molecule has 0 bridgehead atoms. The second-order valence-corrected chi connectivity index (χ2v) is 6.64. The number of piperidine rings is 1. The molecular weight excluding hydrogens is 262 g/mol. The van der Waals surface area contributed by atoms with Gasteiger partial charge in [0.25, 0.3) is 0 Å². The zero-order valence-electron chi connectivity index (χ0n) is 12.8. The standard InChI is InChI=1S/C17H25N3O/c1-20-7-4-13(5-8-20)9-17(21)19-12-15-10-16(15)14-3-2-6-18-11-14/h2-3,6,11,13,15-16H,4-5,7-10,12H2,1H3,(H,19,21)/t15-,16-/m0/s1. The molecule has 21 heavy (non-hydrogen) atoms. The van der Waals surface area contributed by atoms with E-state index in [1.54, 1.807) is 0 Å². The molecule has 4 nitrogen and oxygen atoms in total. The summed E-state index contributed by atoms with van der Waals surface area (Å²) in [7, 11) is 2.15. The van der Waals surface area contributed by atoms with Crippen LogP contribution in [0.25, 0.3) is 0 Å². The van der Waals surface area contributed by atoms with Gasteiger partial charge in [-0.2, -0.15) is 0 Å². The number of hydrogen-bond donors (Lipinski definition) is 1. The van der Waals surface area contributed by atoms with Gasteiger partial charge in [-0.05, 0) is 68.8 Å². The molecule has 1 saturated carbocycles. The molecule has 0 radical (unpaired) electrons. The number of rotatable bonds is 5. The summed E-state index contributed by atoms with van der Waals surface area (Å²) in [5, 5.41) is 3.13. The van der Waals surface area contributed by atoms with Gasteiger partial charge >= 0.3 is 0 Å². The number of pyridine rings is 1. The lowest BCUT2D eigenvalue weighted by Gasteiger charge is -2.28. The molecule has 0 spiro atoms. The summed E-state index contributed by atoms with van der Waals surface area (Å²) in [6.07, 6.45) is 7.96. The smallest absolute Gasteiger partial charge is 0.220 e. The minimum absolute atomic E-state index is 0.237. The summed E-state index contributed by atoms with van der Waals surface area (Å²) in [6.45, 7) is 3.08. The van der Waals surface area contributed by atoms with Crippen LogP contribution in [0.15, 0.2) is 24.5 Å². The highest BCUT2D eigenvalue weighted by Gasteiger charge is 2.38. The van der Waals surface area contributed by atoms with Gasteiger partial charge in [-0.25, -0.2) is 0 Å². The first kappa shape index (κ1) is 14.5. The SMILES string of the molecule is CN1CCC(CC(=O)NC[C@@H]2C[C@H]2c2cccnc2)CC1. The van der Waals surface area contributed by atoms with E-state index in [4.69, 9.17) is 0 Å². The molecule has 114 valence electrons. The Hall–Kier alpha value is -1.42. The second kappa shape index (κ2) is 6.56. The minimum atomic E-state index is 0.237. The average molecular weight is 287 g/mol. The quantitative estimate of drug-likeness (QED) is 0.901. The topological polar surface area (TPSA) is 45.2 Å². The Labute approximate surface area is 126 Å². The lowest BCUT2D eigenvalue weighted by Crippen LogP contribution is -2.34. The molecule has 1 amide bonds. The first-order valence-corrected chi connectivity index (χ1v) is 8.07. The van der Waals surface area contributed by atoms with Crippen LogP contribution in [0.4, 0.5) is 0 Å². The van der Waals surface area contributed by atoms with E-state index < -0.39 is 0 Å². The van der Waals surface area contributed by atoms with E-state index in [1.807, 2.05) is 18.5 Å². The van der Waals surface area contributed by atoms with Gasteiger partial charge in [-0.1, -0.05) is 6.07 Å². The molecule has 2 heterocycles. The van der Waals surface area contributed by atoms with Gasteiger partial charge in [0, 0.05) is 25.4 Å². The highest BCUT2D eigenvalue weighted by atomic mass is 16.1. The van der Waals surface area contributed by atoms with E-state index in [0.29, 0.717) is 24.2 Å². The van der Waals surface area contributed by atoms with Crippen molar-refractivity contribution in [3.8, 4) is 0 Å². The summed E-state index contributed by atoms with van der Waals surface area (Å²) in [5.74, 6) is 2.02. The number of amides is 1. The molecule has 1 N–H and O–H groups in total. The van der Waals surface area contributed by atoms with Crippen molar-refractivity contribution in [2.75, 3.05) is 26.7 Å². The number of nitrogens with zero attached hydrogens (tertiary/aromatic N) is 2. The molecule has 0 unspecified atom stereocenters. The largest absolute Gasteiger partial charge is 0.356 e. The van der Waals surface area contributed by atoms with Gasteiger partial charge in [-0.3, -0.25) is 9.78 Å². The summed E-state index contributed by atoms with van der Waals surface area (Å²) in [4.78, 5) is 18.5. The Morgan fingerprint density at radius 3 is 2.95 bits per heavy atom. The number of nitrogens with one attached hydrogen (secondary N) is 1. The lowest BCUT2D eigenvalue weighted by molar-refractivity contribution is -0.122. The number of likely N-dealkylation sites (tertiary alicyclic amines) is 1. The van der Waals surface area contributed by atoms with Crippen LogP contribution in [0.2, 0.25) is 0 Å². The van der Waals surface area contributed by atoms with E-state index in [2.05, 4.69) is 28.3 Å². The van der Waals surface area contributed by atoms with Crippen LogP contribution in [0.1, 0.15) is 37.2 Å². The van der Waals surface area contributed by atoms with Crippen LogP contribution in [-0.2, 0) is 4.79 Å². The van der Waals surface area contributed by atoms with E-state index in [9.17, 15) is 4.79 Å². The van der Waals surface area contributed by atoms with Crippen molar-refractivity contribution >= 4 is 5.91 Å². The third-order valence-corrected chi connectivity index (χ3v) is 4.91. The third kappa shape index (κ3) is 4.03. The second-order valence-electron chi connectivity index (χ2n) is 6.64. The van der Waals surface area contributed by atoms with Gasteiger partial charge in [0.05, 0.1) is 0 Å². The fourth-order valence-corrected chi connectivity index (χ4v) is 3.32. The Bertz CT molecular complexity index is 468. The Morgan fingerprint density at radius 2 is 2.24 bits per heavy atom. The summed E-state index contributed by atoms with van der Waals surface area (Å²) in [6, 6.07) is 4.13. The highest BCUT2D eigenvalue weighted by molar-refractivity contribution is 5.76. The Morgan fingerprint density at radius 1 is 1.43 bits per heavy atom. The zero-order chi connectivity index (χ0) is 14.7. The molecule has 2 atom stereocenters. The van der Waals surface area contributed by atoms with Crippen LogP contribution in [0, 0.1) is 11.8 Å². The molecule has 1 saturated heterocycles. The maximum atomic E-state index is 12.0. The maximum Gasteiger partial charge on any atom is 0.220 e. The fourth-order valence-electron chi connectivity index (χ4n) is 3.32. The summed E-state index contributed by atoms with van der Waals surface area (Å²) < 4.78 is 0. The van der Waals surface area contributed by atoms with Gasteiger partial charge in [0.1, 0.15) is 0 Å². The first-order chi connectivity index (χ1) is 10.2. The van der Waals surface area contributed by atoms with Crippen LogP contribution in [0.5, 0.6) is 0 Å². The predicted octanol–water partition coefficient (Wildman–Crippen LogP) is 2.03. The van der Waals surface area contributed by atoms with E-state index in [-0.39, 0.29) is 5.91 Å². The fraction of sp³-hybridized carbons (Fsp3) is 0.647. The minimum Gasteiger partial charge on any atom is -0.356 e. The van der Waals surface area contributed by atoms with Crippen LogP contribution in [-0.4, -0.2) is 42.5 Å². The van der Waals surface area contributed by atoms with Crippen molar-refractivity contribution < 1.29 is 4.79 Å². The van der Waals surface area contributed by atoms with Crippen molar-refractivity contribution in [1.29, 1.82) is 0 Å². The van der Waals surface area contributed by atoms with Crippen molar-refractivity contribution in [2.24, 2.45) is 11.8 Å². The van der Waals surface area contributed by atoms with Crippen LogP contribution < -0.4 is 5.32 Å². The Balaban J connectivity index is 1.36. The lowest BCUT2D eigenvalue weighted by atomic mass is 9.93. The van der Waals surface area contributed by atoms with Gasteiger partial charge in [0.2, 0.25) is 5.91 Å². The molecule has 2 aliphatic rings. The molecule has 2 fully saturated rings. The predicted molar refractivity (Wildman–Crippen MR) is 82.9 cm³/mol. The zero-order valence-corrected chi connectivity index (χ0v) is 12.8. The van der Waals surface area contributed by atoms with Crippen molar-refractivity contribution in [3.63, 3.8) is 0 Å². The number of carbonyl (C=O) groups excluding carboxylic acids is 1. The van der Waals surface area contributed by atoms with Crippen molar-refractivity contribution in [2.45, 2.75) is 31.6 Å². The van der Waals surface area contributed by atoms with E-state index in [1.165, 1.54) is 12.0 Å². The molecule has 1 aromatic rings. The first-order valence-electron chi connectivity index (χ1n) is 8.07. The number of carbonyl (C=O) groups is 1. The highest BCUT2D eigenvalue weighted by Crippen LogP contribution is 2.46. The van der Waals surface area contributed by atoms with Crippen LogP contribution >= 0.6 is 0 Å². The monoisotopic (exact) mass is 287 g/mol. The molecule has 4 heteroatoms. The van der Waals surface area contributed by atoms with Gasteiger partial charge in [-0.15, -0.1) is 0 Å². The molecule has 1 aromatic heterocycles. The van der Waals surface area contributed by atoms with Crippen LogP contribution in [0.3, 0.4) is 0 Å². The third-order valence-electron chi connectivity index (χ3n) is 4.91.